The standard InChI is InChI=1S/C18H17BrClFN2O2/c1-10(2)22-16(24)7-11-3-5-13(6-4-11)23-18(25)14-8-12(20)9-15(19)17(14)21/h3-6,8-10H,7H2,1-2H3,(H,22,24)(H,23,25). The summed E-state index contributed by atoms with van der Waals surface area (Å²) in [5, 5.41) is 5.67. The Balaban J connectivity index is 2.06. The number of amides is 2. The number of carbonyl (C=O) groups is 2. The summed E-state index contributed by atoms with van der Waals surface area (Å²) >= 11 is 8.88. The molecule has 0 bridgehead atoms. The molecule has 0 fully saturated rings. The monoisotopic (exact) mass is 426 g/mol. The maximum atomic E-state index is 14.0. The van der Waals surface area contributed by atoms with Crippen molar-refractivity contribution in [3.63, 3.8) is 0 Å². The molecule has 2 aromatic carbocycles. The van der Waals surface area contributed by atoms with Gasteiger partial charge >= 0.3 is 0 Å². The summed E-state index contributed by atoms with van der Waals surface area (Å²) in [4.78, 5) is 24.0. The second kappa shape index (κ2) is 8.45. The molecule has 0 unspecified atom stereocenters. The van der Waals surface area contributed by atoms with Crippen molar-refractivity contribution in [3.8, 4) is 0 Å². The van der Waals surface area contributed by atoms with Crippen LogP contribution in [0.2, 0.25) is 5.02 Å². The maximum Gasteiger partial charge on any atom is 0.258 e. The van der Waals surface area contributed by atoms with Crippen LogP contribution < -0.4 is 10.6 Å². The smallest absolute Gasteiger partial charge is 0.258 e. The highest BCUT2D eigenvalue weighted by Crippen LogP contribution is 2.25. The third-order valence-corrected chi connectivity index (χ3v) is 4.06. The first kappa shape index (κ1) is 19.4. The summed E-state index contributed by atoms with van der Waals surface area (Å²) in [6, 6.07) is 9.52. The highest BCUT2D eigenvalue weighted by atomic mass is 79.9. The summed E-state index contributed by atoms with van der Waals surface area (Å²) in [7, 11) is 0. The number of rotatable bonds is 5. The van der Waals surface area contributed by atoms with E-state index in [0.29, 0.717) is 5.69 Å². The Morgan fingerprint density at radius 2 is 1.84 bits per heavy atom. The molecule has 2 aromatic rings. The van der Waals surface area contributed by atoms with Crippen LogP contribution in [-0.2, 0) is 11.2 Å². The van der Waals surface area contributed by atoms with Crippen LogP contribution in [0.4, 0.5) is 10.1 Å². The summed E-state index contributed by atoms with van der Waals surface area (Å²) < 4.78 is 14.2. The van der Waals surface area contributed by atoms with Crippen molar-refractivity contribution >= 4 is 45.0 Å². The minimum Gasteiger partial charge on any atom is -0.354 e. The van der Waals surface area contributed by atoms with Gasteiger partial charge in [-0.1, -0.05) is 23.7 Å². The van der Waals surface area contributed by atoms with Crippen molar-refractivity contribution in [1.29, 1.82) is 0 Å². The Bertz CT molecular complexity index is 794. The fraction of sp³-hybridized carbons (Fsp3) is 0.222. The molecule has 0 atom stereocenters. The van der Waals surface area contributed by atoms with Crippen LogP contribution in [0.15, 0.2) is 40.9 Å². The molecule has 7 heteroatoms. The summed E-state index contributed by atoms with van der Waals surface area (Å²) in [6.07, 6.45) is 0.252. The Labute approximate surface area is 158 Å². The Morgan fingerprint density at radius 3 is 2.44 bits per heavy atom. The van der Waals surface area contributed by atoms with Crippen LogP contribution in [0.1, 0.15) is 29.8 Å². The van der Waals surface area contributed by atoms with Gasteiger partial charge in [-0.3, -0.25) is 9.59 Å². The third-order valence-electron chi connectivity index (χ3n) is 3.26. The molecular formula is C18H17BrClFN2O2. The number of anilines is 1. The number of carbonyl (C=O) groups excluding carboxylic acids is 2. The van der Waals surface area contributed by atoms with E-state index in [4.69, 9.17) is 11.6 Å². The summed E-state index contributed by atoms with van der Waals surface area (Å²) in [5.74, 6) is -1.35. The van der Waals surface area contributed by atoms with Crippen molar-refractivity contribution in [2.24, 2.45) is 0 Å². The molecule has 2 rings (SSSR count). The molecule has 0 aliphatic rings. The van der Waals surface area contributed by atoms with Gasteiger partial charge in [0, 0.05) is 16.8 Å². The second-order valence-electron chi connectivity index (χ2n) is 5.80. The van der Waals surface area contributed by atoms with E-state index in [1.54, 1.807) is 24.3 Å². The van der Waals surface area contributed by atoms with Gasteiger partial charge in [-0.2, -0.15) is 0 Å². The lowest BCUT2D eigenvalue weighted by molar-refractivity contribution is -0.120. The fourth-order valence-electron chi connectivity index (χ4n) is 2.18. The van der Waals surface area contributed by atoms with Gasteiger partial charge in [0.2, 0.25) is 5.91 Å². The number of halogens is 3. The topological polar surface area (TPSA) is 58.2 Å². The Hall–Kier alpha value is -1.92. The van der Waals surface area contributed by atoms with Gasteiger partial charge in [0.05, 0.1) is 16.5 Å². The molecule has 2 N–H and O–H groups in total. The summed E-state index contributed by atoms with van der Waals surface area (Å²) in [5.41, 5.74) is 1.15. The Morgan fingerprint density at radius 1 is 1.20 bits per heavy atom. The molecular weight excluding hydrogens is 411 g/mol. The quantitative estimate of drug-likeness (QED) is 0.687. The van der Waals surface area contributed by atoms with Gasteiger partial charge in [0.15, 0.2) is 0 Å². The number of hydrogen-bond acceptors (Lipinski definition) is 2. The minimum atomic E-state index is -0.677. The van der Waals surface area contributed by atoms with Crippen LogP contribution in [0.25, 0.3) is 0 Å². The average Bonchev–Trinajstić information content (AvgIpc) is 2.51. The van der Waals surface area contributed by atoms with Crippen LogP contribution in [0.5, 0.6) is 0 Å². The van der Waals surface area contributed by atoms with Gasteiger partial charge < -0.3 is 10.6 Å². The maximum absolute atomic E-state index is 14.0. The van der Waals surface area contributed by atoms with Crippen LogP contribution in [0.3, 0.4) is 0 Å². The van der Waals surface area contributed by atoms with E-state index in [-0.39, 0.29) is 33.4 Å². The van der Waals surface area contributed by atoms with E-state index in [2.05, 4.69) is 26.6 Å². The van der Waals surface area contributed by atoms with E-state index >= 15 is 0 Å². The van der Waals surface area contributed by atoms with Crippen molar-refractivity contribution in [2.75, 3.05) is 5.32 Å². The molecule has 0 heterocycles. The van der Waals surface area contributed by atoms with E-state index in [0.717, 1.165) is 5.56 Å². The fourth-order valence-corrected chi connectivity index (χ4v) is 2.99. The van der Waals surface area contributed by atoms with Gasteiger partial charge in [-0.25, -0.2) is 4.39 Å². The summed E-state index contributed by atoms with van der Waals surface area (Å²) in [6.45, 7) is 3.79. The van der Waals surface area contributed by atoms with Gasteiger partial charge in [-0.05, 0) is 59.6 Å². The molecule has 4 nitrogen and oxygen atoms in total. The van der Waals surface area contributed by atoms with Crippen molar-refractivity contribution < 1.29 is 14.0 Å². The van der Waals surface area contributed by atoms with E-state index in [9.17, 15) is 14.0 Å². The van der Waals surface area contributed by atoms with Crippen LogP contribution in [-0.4, -0.2) is 17.9 Å². The zero-order chi connectivity index (χ0) is 18.6. The molecule has 0 aliphatic carbocycles. The zero-order valence-corrected chi connectivity index (χ0v) is 16.0. The van der Waals surface area contributed by atoms with E-state index in [1.807, 2.05) is 13.8 Å². The molecule has 132 valence electrons. The normalized spacial score (nSPS) is 10.6. The van der Waals surface area contributed by atoms with E-state index < -0.39 is 11.7 Å². The van der Waals surface area contributed by atoms with Crippen molar-refractivity contribution in [3.05, 3.63) is 62.8 Å². The molecule has 0 aliphatic heterocycles. The lowest BCUT2D eigenvalue weighted by Gasteiger charge is -2.10. The Kier molecular flexibility index (Phi) is 6.56. The lowest BCUT2D eigenvalue weighted by Crippen LogP contribution is -2.31. The molecule has 0 aromatic heterocycles. The highest BCUT2D eigenvalue weighted by Gasteiger charge is 2.16. The van der Waals surface area contributed by atoms with Gasteiger partial charge in [0.1, 0.15) is 5.82 Å². The first-order chi connectivity index (χ1) is 11.8. The molecule has 0 saturated carbocycles. The number of benzene rings is 2. The molecule has 0 saturated heterocycles. The first-order valence-corrected chi connectivity index (χ1v) is 8.77. The molecule has 2 amide bonds. The van der Waals surface area contributed by atoms with Crippen LogP contribution in [0, 0.1) is 5.82 Å². The largest absolute Gasteiger partial charge is 0.354 e. The van der Waals surface area contributed by atoms with Gasteiger partial charge in [-0.15, -0.1) is 0 Å². The van der Waals surface area contributed by atoms with Gasteiger partial charge in [0.25, 0.3) is 5.91 Å². The number of nitrogens with one attached hydrogen (secondary N) is 2. The molecule has 0 radical (unpaired) electrons. The van der Waals surface area contributed by atoms with E-state index in [1.165, 1.54) is 12.1 Å². The lowest BCUT2D eigenvalue weighted by atomic mass is 10.1. The average molecular weight is 428 g/mol. The minimum absolute atomic E-state index is 0.0716. The molecule has 0 spiro atoms. The zero-order valence-electron chi connectivity index (χ0n) is 13.7. The highest BCUT2D eigenvalue weighted by molar-refractivity contribution is 9.10. The SMILES string of the molecule is CC(C)NC(=O)Cc1ccc(NC(=O)c2cc(Cl)cc(Br)c2F)cc1. The van der Waals surface area contributed by atoms with Crippen LogP contribution >= 0.6 is 27.5 Å². The number of hydrogen-bond donors (Lipinski definition) is 2. The molecule has 25 heavy (non-hydrogen) atoms. The second-order valence-corrected chi connectivity index (χ2v) is 7.09. The van der Waals surface area contributed by atoms with Crippen molar-refractivity contribution in [2.45, 2.75) is 26.3 Å². The van der Waals surface area contributed by atoms with Crippen molar-refractivity contribution in [1.82, 2.24) is 5.32 Å². The third kappa shape index (κ3) is 5.54. The first-order valence-electron chi connectivity index (χ1n) is 7.60. The predicted octanol–water partition coefficient (Wildman–Crippen LogP) is 4.56. The predicted molar refractivity (Wildman–Crippen MR) is 100 cm³/mol.